The molecule has 2 N–H and O–H groups in total. The summed E-state index contributed by atoms with van der Waals surface area (Å²) in [6.45, 7) is 2.81. The van der Waals surface area contributed by atoms with Crippen molar-refractivity contribution in [2.75, 3.05) is 19.8 Å². The Bertz CT molecular complexity index is 131. The SMILES string of the molecule is NCC1(C2CCOC2)CCC1. The van der Waals surface area contributed by atoms with Gasteiger partial charge in [0.25, 0.3) is 0 Å². The molecule has 0 spiro atoms. The zero-order chi connectivity index (χ0) is 7.73. The molecule has 0 aromatic rings. The first-order chi connectivity index (χ1) is 5.37. The Balaban J connectivity index is 1.99. The zero-order valence-electron chi connectivity index (χ0n) is 7.01. The Labute approximate surface area is 68.1 Å². The third-order valence-corrected chi connectivity index (χ3v) is 3.55. The molecule has 2 fully saturated rings. The lowest BCUT2D eigenvalue weighted by atomic mass is 9.61. The van der Waals surface area contributed by atoms with Crippen LogP contribution in [0.4, 0.5) is 0 Å². The highest BCUT2D eigenvalue weighted by atomic mass is 16.5. The lowest BCUT2D eigenvalue weighted by Gasteiger charge is -2.45. The van der Waals surface area contributed by atoms with Gasteiger partial charge >= 0.3 is 0 Å². The van der Waals surface area contributed by atoms with Crippen molar-refractivity contribution in [1.82, 2.24) is 0 Å². The topological polar surface area (TPSA) is 35.2 Å². The van der Waals surface area contributed by atoms with Crippen molar-refractivity contribution in [3.8, 4) is 0 Å². The van der Waals surface area contributed by atoms with Crippen molar-refractivity contribution in [3.63, 3.8) is 0 Å². The maximum Gasteiger partial charge on any atom is 0.0500 e. The van der Waals surface area contributed by atoms with E-state index in [9.17, 15) is 0 Å². The second-order valence-electron chi connectivity index (χ2n) is 3.98. The Morgan fingerprint density at radius 1 is 1.45 bits per heavy atom. The Morgan fingerprint density at radius 2 is 2.27 bits per heavy atom. The molecule has 1 saturated carbocycles. The highest BCUT2D eigenvalue weighted by Crippen LogP contribution is 2.48. The second-order valence-corrected chi connectivity index (χ2v) is 3.98. The molecule has 0 amide bonds. The summed E-state index contributed by atoms with van der Waals surface area (Å²) in [6, 6.07) is 0. The molecule has 1 saturated heterocycles. The van der Waals surface area contributed by atoms with E-state index in [1.807, 2.05) is 0 Å². The maximum atomic E-state index is 5.79. The van der Waals surface area contributed by atoms with E-state index in [4.69, 9.17) is 10.5 Å². The molecular formula is C9H17NO. The van der Waals surface area contributed by atoms with Crippen molar-refractivity contribution >= 4 is 0 Å². The van der Waals surface area contributed by atoms with Crippen LogP contribution in [0.25, 0.3) is 0 Å². The summed E-state index contributed by atoms with van der Waals surface area (Å²) < 4.78 is 5.39. The van der Waals surface area contributed by atoms with E-state index in [0.717, 1.165) is 25.7 Å². The van der Waals surface area contributed by atoms with Crippen molar-refractivity contribution in [2.45, 2.75) is 25.7 Å². The minimum atomic E-state index is 0.497. The average molecular weight is 155 g/mol. The fourth-order valence-corrected chi connectivity index (χ4v) is 2.43. The quantitative estimate of drug-likeness (QED) is 0.649. The van der Waals surface area contributed by atoms with Gasteiger partial charge in [0.05, 0.1) is 6.61 Å². The van der Waals surface area contributed by atoms with Crippen molar-refractivity contribution in [1.29, 1.82) is 0 Å². The Hall–Kier alpha value is -0.0800. The first-order valence-corrected chi connectivity index (χ1v) is 4.65. The van der Waals surface area contributed by atoms with E-state index in [1.165, 1.54) is 25.7 Å². The predicted octanol–water partition coefficient (Wildman–Crippen LogP) is 1.15. The monoisotopic (exact) mass is 155 g/mol. The summed E-state index contributed by atoms with van der Waals surface area (Å²) in [4.78, 5) is 0. The van der Waals surface area contributed by atoms with Crippen LogP contribution in [0.3, 0.4) is 0 Å². The number of hydrogen-bond donors (Lipinski definition) is 1. The zero-order valence-corrected chi connectivity index (χ0v) is 7.01. The first-order valence-electron chi connectivity index (χ1n) is 4.65. The normalized spacial score (nSPS) is 35.2. The van der Waals surface area contributed by atoms with Crippen LogP contribution in [0.2, 0.25) is 0 Å². The summed E-state index contributed by atoms with van der Waals surface area (Å²) in [7, 11) is 0. The molecule has 11 heavy (non-hydrogen) atoms. The van der Waals surface area contributed by atoms with E-state index < -0.39 is 0 Å². The molecule has 1 heterocycles. The molecule has 1 aliphatic carbocycles. The summed E-state index contributed by atoms with van der Waals surface area (Å²) in [5.74, 6) is 0.779. The lowest BCUT2D eigenvalue weighted by molar-refractivity contribution is 0.0480. The van der Waals surface area contributed by atoms with Gasteiger partial charge in [-0.2, -0.15) is 0 Å². The van der Waals surface area contributed by atoms with Crippen LogP contribution in [0.15, 0.2) is 0 Å². The summed E-state index contributed by atoms with van der Waals surface area (Å²) in [6.07, 6.45) is 5.32. The van der Waals surface area contributed by atoms with Gasteiger partial charge in [-0.1, -0.05) is 6.42 Å². The maximum absolute atomic E-state index is 5.79. The van der Waals surface area contributed by atoms with Gasteiger partial charge in [-0.25, -0.2) is 0 Å². The van der Waals surface area contributed by atoms with Crippen LogP contribution in [0.1, 0.15) is 25.7 Å². The summed E-state index contributed by atoms with van der Waals surface area (Å²) >= 11 is 0. The average Bonchev–Trinajstić information content (AvgIpc) is 2.39. The van der Waals surface area contributed by atoms with E-state index >= 15 is 0 Å². The van der Waals surface area contributed by atoms with Crippen LogP contribution in [0, 0.1) is 11.3 Å². The highest BCUT2D eigenvalue weighted by molar-refractivity contribution is 4.95. The van der Waals surface area contributed by atoms with Crippen LogP contribution in [-0.2, 0) is 4.74 Å². The molecule has 0 radical (unpaired) electrons. The molecule has 1 aliphatic heterocycles. The molecule has 64 valence electrons. The van der Waals surface area contributed by atoms with Gasteiger partial charge in [-0.05, 0) is 37.1 Å². The molecule has 2 nitrogen and oxygen atoms in total. The molecule has 2 heteroatoms. The van der Waals surface area contributed by atoms with E-state index in [2.05, 4.69) is 0 Å². The predicted molar refractivity (Wildman–Crippen MR) is 44.3 cm³/mol. The van der Waals surface area contributed by atoms with Gasteiger partial charge in [0.1, 0.15) is 0 Å². The molecule has 1 unspecified atom stereocenters. The van der Waals surface area contributed by atoms with Crippen LogP contribution in [-0.4, -0.2) is 19.8 Å². The van der Waals surface area contributed by atoms with Crippen molar-refractivity contribution < 1.29 is 4.74 Å². The highest BCUT2D eigenvalue weighted by Gasteiger charge is 2.43. The summed E-state index contributed by atoms with van der Waals surface area (Å²) in [5.41, 5.74) is 6.29. The van der Waals surface area contributed by atoms with Gasteiger partial charge in [0.2, 0.25) is 0 Å². The van der Waals surface area contributed by atoms with Gasteiger partial charge in [-0.15, -0.1) is 0 Å². The molecule has 0 bridgehead atoms. The van der Waals surface area contributed by atoms with Crippen LogP contribution >= 0.6 is 0 Å². The first kappa shape index (κ1) is 7.56. The number of nitrogens with two attached hydrogens (primary N) is 1. The van der Waals surface area contributed by atoms with E-state index in [1.54, 1.807) is 0 Å². The fourth-order valence-electron chi connectivity index (χ4n) is 2.43. The second kappa shape index (κ2) is 2.76. The largest absolute Gasteiger partial charge is 0.381 e. The van der Waals surface area contributed by atoms with Gasteiger partial charge in [0, 0.05) is 6.61 Å². The van der Waals surface area contributed by atoms with Crippen LogP contribution in [0.5, 0.6) is 0 Å². The Morgan fingerprint density at radius 3 is 2.64 bits per heavy atom. The standard InChI is InChI=1S/C9H17NO/c10-7-9(3-1-4-9)8-2-5-11-6-8/h8H,1-7,10H2. The van der Waals surface area contributed by atoms with Crippen LogP contribution < -0.4 is 5.73 Å². The Kier molecular flexibility index (Phi) is 1.90. The molecule has 1 atom stereocenters. The molecule has 2 aliphatic rings. The molecule has 0 aromatic heterocycles. The number of ether oxygens (including phenoxy) is 1. The van der Waals surface area contributed by atoms with Crippen molar-refractivity contribution in [3.05, 3.63) is 0 Å². The molecule has 2 rings (SSSR count). The summed E-state index contributed by atoms with van der Waals surface area (Å²) in [5, 5.41) is 0. The van der Waals surface area contributed by atoms with Crippen molar-refractivity contribution in [2.24, 2.45) is 17.1 Å². The van der Waals surface area contributed by atoms with E-state index in [0.29, 0.717) is 5.41 Å². The minimum absolute atomic E-state index is 0.497. The van der Waals surface area contributed by atoms with Gasteiger partial charge < -0.3 is 10.5 Å². The van der Waals surface area contributed by atoms with Gasteiger partial charge in [-0.3, -0.25) is 0 Å². The lowest BCUT2D eigenvalue weighted by Crippen LogP contribution is -2.44. The fraction of sp³-hybridized carbons (Fsp3) is 1.00. The third-order valence-electron chi connectivity index (χ3n) is 3.55. The smallest absolute Gasteiger partial charge is 0.0500 e. The number of rotatable bonds is 2. The number of hydrogen-bond acceptors (Lipinski definition) is 2. The molecular weight excluding hydrogens is 138 g/mol. The van der Waals surface area contributed by atoms with Gasteiger partial charge in [0.15, 0.2) is 0 Å². The third kappa shape index (κ3) is 1.09. The minimum Gasteiger partial charge on any atom is -0.381 e. The molecule has 0 aromatic carbocycles. The van der Waals surface area contributed by atoms with E-state index in [-0.39, 0.29) is 0 Å².